The zero-order valence-corrected chi connectivity index (χ0v) is 7.28. The van der Waals surface area contributed by atoms with Gasteiger partial charge in [-0.2, -0.15) is 0 Å². The highest BCUT2D eigenvalue weighted by atomic mass is 16.6. The fourth-order valence-electron chi connectivity index (χ4n) is 1.68. The van der Waals surface area contributed by atoms with Gasteiger partial charge in [0.25, 0.3) is 5.69 Å². The first kappa shape index (κ1) is 8.04. The lowest BCUT2D eigenvalue weighted by molar-refractivity contribution is -0.383. The third-order valence-electron chi connectivity index (χ3n) is 2.39. The maximum absolute atomic E-state index is 10.6. The number of nitro benzene ring substituents is 1. The highest BCUT2D eigenvalue weighted by Crippen LogP contribution is 2.37. The van der Waals surface area contributed by atoms with Crippen molar-refractivity contribution < 1.29 is 4.92 Å². The number of nitro groups is 1. The van der Waals surface area contributed by atoms with E-state index >= 15 is 0 Å². The summed E-state index contributed by atoms with van der Waals surface area (Å²) in [6.45, 7) is 2.85. The van der Waals surface area contributed by atoms with Gasteiger partial charge in [-0.1, -0.05) is 19.1 Å². The van der Waals surface area contributed by atoms with Crippen LogP contribution < -0.4 is 5.32 Å². The molecule has 1 aromatic rings. The smallest absolute Gasteiger partial charge is 0.292 e. The summed E-state index contributed by atoms with van der Waals surface area (Å²) in [7, 11) is 0. The molecular formula is C9H10N2O2. The van der Waals surface area contributed by atoms with Crippen molar-refractivity contribution in [3.8, 4) is 0 Å². The summed E-state index contributed by atoms with van der Waals surface area (Å²) in [6, 6.07) is 5.21. The molecule has 4 heteroatoms. The predicted molar refractivity (Wildman–Crippen MR) is 50.0 cm³/mol. The van der Waals surface area contributed by atoms with Crippen LogP contribution >= 0.6 is 0 Å². The van der Waals surface area contributed by atoms with Crippen molar-refractivity contribution >= 4 is 11.4 Å². The van der Waals surface area contributed by atoms with Crippen LogP contribution in [0.2, 0.25) is 0 Å². The number of nitrogens with zero attached hydrogens (tertiary/aromatic N) is 1. The van der Waals surface area contributed by atoms with E-state index in [0.717, 1.165) is 12.1 Å². The third-order valence-corrected chi connectivity index (χ3v) is 2.39. The van der Waals surface area contributed by atoms with Gasteiger partial charge in [0.2, 0.25) is 0 Å². The van der Waals surface area contributed by atoms with Gasteiger partial charge in [0.05, 0.1) is 4.92 Å². The van der Waals surface area contributed by atoms with Gasteiger partial charge >= 0.3 is 0 Å². The molecule has 13 heavy (non-hydrogen) atoms. The third kappa shape index (κ3) is 1.14. The highest BCUT2D eigenvalue weighted by Gasteiger charge is 2.25. The maximum atomic E-state index is 10.6. The molecule has 0 saturated heterocycles. The van der Waals surface area contributed by atoms with E-state index < -0.39 is 0 Å². The molecule has 0 fully saturated rings. The maximum Gasteiger partial charge on any atom is 0.292 e. The number of benzene rings is 1. The van der Waals surface area contributed by atoms with Crippen molar-refractivity contribution in [2.24, 2.45) is 0 Å². The zero-order chi connectivity index (χ0) is 9.42. The quantitative estimate of drug-likeness (QED) is 0.529. The Kier molecular flexibility index (Phi) is 1.69. The van der Waals surface area contributed by atoms with Crippen molar-refractivity contribution in [2.45, 2.75) is 12.8 Å². The van der Waals surface area contributed by atoms with Gasteiger partial charge in [-0.25, -0.2) is 0 Å². The summed E-state index contributed by atoms with van der Waals surface area (Å²) < 4.78 is 0. The minimum absolute atomic E-state index is 0.182. The van der Waals surface area contributed by atoms with Crippen molar-refractivity contribution in [1.82, 2.24) is 0 Å². The molecule has 0 radical (unpaired) electrons. The summed E-state index contributed by atoms with van der Waals surface area (Å²) in [5, 5.41) is 13.7. The molecule has 1 aliphatic heterocycles. The molecule has 0 aromatic heterocycles. The highest BCUT2D eigenvalue weighted by molar-refractivity contribution is 5.70. The molecule has 1 heterocycles. The van der Waals surface area contributed by atoms with E-state index in [1.807, 2.05) is 6.07 Å². The minimum atomic E-state index is -0.343. The first-order chi connectivity index (χ1) is 6.20. The number of hydrogen-bond acceptors (Lipinski definition) is 3. The van der Waals surface area contributed by atoms with Gasteiger partial charge < -0.3 is 5.32 Å². The Morgan fingerprint density at radius 1 is 1.62 bits per heavy atom. The summed E-state index contributed by atoms with van der Waals surface area (Å²) in [4.78, 5) is 10.3. The lowest BCUT2D eigenvalue weighted by atomic mass is 10.0. The fraction of sp³-hybridized carbons (Fsp3) is 0.333. The molecule has 4 nitrogen and oxygen atoms in total. The van der Waals surface area contributed by atoms with Crippen LogP contribution in [0.5, 0.6) is 0 Å². The summed E-state index contributed by atoms with van der Waals surface area (Å²) in [5.74, 6) is 0.370. The fourth-order valence-corrected chi connectivity index (χ4v) is 1.68. The standard InChI is InChI=1S/C9H10N2O2/c1-6-5-10-9-7(6)3-2-4-8(9)11(12)13/h2-4,6,10H,5H2,1H3/t6-/m1/s1. The predicted octanol–water partition coefficient (Wildman–Crippen LogP) is 2.12. The molecule has 2 rings (SSSR count). The topological polar surface area (TPSA) is 55.2 Å². The van der Waals surface area contributed by atoms with E-state index in [1.54, 1.807) is 6.07 Å². The monoisotopic (exact) mass is 178 g/mol. The molecule has 0 amide bonds. The molecule has 0 bridgehead atoms. The van der Waals surface area contributed by atoms with Crippen LogP contribution in [0, 0.1) is 10.1 Å². The molecule has 1 aromatic carbocycles. The van der Waals surface area contributed by atoms with Crippen LogP contribution in [-0.2, 0) is 0 Å². The second kappa shape index (κ2) is 2.73. The average molecular weight is 178 g/mol. The van der Waals surface area contributed by atoms with Crippen LogP contribution in [-0.4, -0.2) is 11.5 Å². The number of nitrogens with one attached hydrogen (secondary N) is 1. The largest absolute Gasteiger partial charge is 0.379 e. The van der Waals surface area contributed by atoms with E-state index in [0.29, 0.717) is 11.6 Å². The number of fused-ring (bicyclic) bond motifs is 1. The normalized spacial score (nSPS) is 19.3. The van der Waals surface area contributed by atoms with E-state index in [-0.39, 0.29) is 10.6 Å². The number of rotatable bonds is 1. The molecule has 1 atom stereocenters. The van der Waals surface area contributed by atoms with Gasteiger partial charge in [0.15, 0.2) is 0 Å². The molecule has 1 N–H and O–H groups in total. The Hall–Kier alpha value is -1.58. The average Bonchev–Trinajstić information content (AvgIpc) is 2.48. The van der Waals surface area contributed by atoms with E-state index in [2.05, 4.69) is 12.2 Å². The van der Waals surface area contributed by atoms with E-state index in [1.165, 1.54) is 6.07 Å². The van der Waals surface area contributed by atoms with Crippen molar-refractivity contribution in [1.29, 1.82) is 0 Å². The van der Waals surface area contributed by atoms with Crippen LogP contribution in [0.1, 0.15) is 18.4 Å². The van der Waals surface area contributed by atoms with Crippen molar-refractivity contribution in [3.63, 3.8) is 0 Å². The second-order valence-electron chi connectivity index (χ2n) is 3.28. The second-order valence-corrected chi connectivity index (χ2v) is 3.28. The molecule has 0 aliphatic carbocycles. The number of hydrogen-bond donors (Lipinski definition) is 1. The van der Waals surface area contributed by atoms with Gasteiger partial charge in [-0.15, -0.1) is 0 Å². The Labute approximate surface area is 75.7 Å². The first-order valence-electron chi connectivity index (χ1n) is 4.21. The number of anilines is 1. The molecule has 0 spiro atoms. The Morgan fingerprint density at radius 3 is 3.08 bits per heavy atom. The van der Waals surface area contributed by atoms with Crippen molar-refractivity contribution in [2.75, 3.05) is 11.9 Å². The van der Waals surface area contributed by atoms with Gasteiger partial charge in [-0.3, -0.25) is 10.1 Å². The van der Waals surface area contributed by atoms with E-state index in [4.69, 9.17) is 0 Å². The Morgan fingerprint density at radius 2 is 2.38 bits per heavy atom. The Balaban J connectivity index is 2.57. The molecule has 0 unspecified atom stereocenters. The van der Waals surface area contributed by atoms with Crippen LogP contribution in [0.15, 0.2) is 18.2 Å². The van der Waals surface area contributed by atoms with E-state index in [9.17, 15) is 10.1 Å². The summed E-state index contributed by atoms with van der Waals surface area (Å²) in [5.41, 5.74) is 1.93. The lowest BCUT2D eigenvalue weighted by Crippen LogP contribution is -1.97. The minimum Gasteiger partial charge on any atom is -0.379 e. The molecule has 1 aliphatic rings. The van der Waals surface area contributed by atoms with Crippen molar-refractivity contribution in [3.05, 3.63) is 33.9 Å². The van der Waals surface area contributed by atoms with Crippen LogP contribution in [0.25, 0.3) is 0 Å². The van der Waals surface area contributed by atoms with Crippen LogP contribution in [0.4, 0.5) is 11.4 Å². The van der Waals surface area contributed by atoms with Gasteiger partial charge in [0.1, 0.15) is 5.69 Å². The first-order valence-corrected chi connectivity index (χ1v) is 4.21. The Bertz CT molecular complexity index is 363. The zero-order valence-electron chi connectivity index (χ0n) is 7.28. The SMILES string of the molecule is C[C@@H]1CNc2c1cccc2[N+](=O)[O-]. The number of para-hydroxylation sites is 1. The summed E-state index contributed by atoms with van der Waals surface area (Å²) >= 11 is 0. The lowest BCUT2D eigenvalue weighted by Gasteiger charge is -2.01. The summed E-state index contributed by atoms with van der Waals surface area (Å²) in [6.07, 6.45) is 0. The van der Waals surface area contributed by atoms with Crippen LogP contribution in [0.3, 0.4) is 0 Å². The molecular weight excluding hydrogens is 168 g/mol. The van der Waals surface area contributed by atoms with Gasteiger partial charge in [-0.05, 0) is 5.56 Å². The van der Waals surface area contributed by atoms with Gasteiger partial charge in [0, 0.05) is 18.5 Å². The molecule has 0 saturated carbocycles. The molecule has 68 valence electrons.